The fraction of sp³-hybridized carbons (Fsp3) is 0.176. The van der Waals surface area contributed by atoms with Crippen molar-refractivity contribution in [1.82, 2.24) is 4.90 Å². The van der Waals surface area contributed by atoms with Gasteiger partial charge in [0.15, 0.2) is 6.61 Å². The standard InChI is InChI=1S/C17H16BrFN2O5S/c1-21(9-11-2-4-12(19)5-3-11)16(22)10-26-17(23)14-8-13(27(20,24)25)6-7-15(14)18/h2-8H,9-10H2,1H3,(H2,20,24,25). The van der Waals surface area contributed by atoms with E-state index in [0.717, 1.165) is 6.07 Å². The third kappa shape index (κ3) is 5.84. The molecule has 10 heteroatoms. The van der Waals surface area contributed by atoms with E-state index in [1.165, 1.54) is 36.2 Å². The number of amides is 1. The van der Waals surface area contributed by atoms with Crippen LogP contribution in [0.4, 0.5) is 4.39 Å². The van der Waals surface area contributed by atoms with Crippen LogP contribution in [0, 0.1) is 5.82 Å². The predicted octanol–water partition coefficient (Wildman–Crippen LogP) is 2.05. The lowest BCUT2D eigenvalue weighted by Gasteiger charge is -2.17. The van der Waals surface area contributed by atoms with Crippen LogP contribution in [-0.4, -0.2) is 38.8 Å². The van der Waals surface area contributed by atoms with Crippen molar-refractivity contribution in [2.75, 3.05) is 13.7 Å². The number of rotatable bonds is 6. The van der Waals surface area contributed by atoms with Crippen molar-refractivity contribution in [1.29, 1.82) is 0 Å². The molecular formula is C17H16BrFN2O5S. The number of nitrogens with zero attached hydrogens (tertiary/aromatic N) is 1. The summed E-state index contributed by atoms with van der Waals surface area (Å²) in [5.41, 5.74) is 0.637. The lowest BCUT2D eigenvalue weighted by atomic mass is 10.2. The lowest BCUT2D eigenvalue weighted by Crippen LogP contribution is -2.30. The highest BCUT2D eigenvalue weighted by Gasteiger charge is 2.19. The van der Waals surface area contributed by atoms with Gasteiger partial charge in [0, 0.05) is 18.1 Å². The van der Waals surface area contributed by atoms with Crippen LogP contribution in [0.2, 0.25) is 0 Å². The monoisotopic (exact) mass is 458 g/mol. The third-order valence-corrected chi connectivity index (χ3v) is 5.17. The Morgan fingerprint density at radius 2 is 1.81 bits per heavy atom. The molecule has 0 aliphatic rings. The fourth-order valence-electron chi connectivity index (χ4n) is 2.10. The van der Waals surface area contributed by atoms with Crippen LogP contribution in [0.15, 0.2) is 51.8 Å². The maximum Gasteiger partial charge on any atom is 0.339 e. The molecule has 7 nitrogen and oxygen atoms in total. The molecule has 0 unspecified atom stereocenters. The van der Waals surface area contributed by atoms with Gasteiger partial charge in [0.1, 0.15) is 5.82 Å². The average Bonchev–Trinajstić information content (AvgIpc) is 2.60. The molecular weight excluding hydrogens is 443 g/mol. The van der Waals surface area contributed by atoms with Gasteiger partial charge in [-0.25, -0.2) is 22.7 Å². The minimum atomic E-state index is -3.99. The van der Waals surface area contributed by atoms with Crippen molar-refractivity contribution < 1.29 is 27.1 Å². The zero-order valence-corrected chi connectivity index (χ0v) is 16.6. The van der Waals surface area contributed by atoms with E-state index in [1.807, 2.05) is 0 Å². The maximum absolute atomic E-state index is 12.9. The van der Waals surface area contributed by atoms with Crippen LogP contribution >= 0.6 is 15.9 Å². The molecule has 0 heterocycles. The van der Waals surface area contributed by atoms with Gasteiger partial charge in [-0.2, -0.15) is 0 Å². The van der Waals surface area contributed by atoms with Crippen LogP contribution in [0.3, 0.4) is 0 Å². The molecule has 0 saturated heterocycles. The van der Waals surface area contributed by atoms with E-state index in [4.69, 9.17) is 9.88 Å². The first-order valence-electron chi connectivity index (χ1n) is 7.56. The van der Waals surface area contributed by atoms with Crippen LogP contribution in [0.5, 0.6) is 0 Å². The number of sulfonamides is 1. The average molecular weight is 459 g/mol. The Labute approximate surface area is 164 Å². The predicted molar refractivity (Wildman–Crippen MR) is 98.7 cm³/mol. The molecule has 144 valence electrons. The SMILES string of the molecule is CN(Cc1ccc(F)cc1)C(=O)COC(=O)c1cc(S(N)(=O)=O)ccc1Br. The van der Waals surface area contributed by atoms with Crippen LogP contribution < -0.4 is 5.14 Å². The highest BCUT2D eigenvalue weighted by molar-refractivity contribution is 9.10. The highest BCUT2D eigenvalue weighted by Crippen LogP contribution is 2.21. The maximum atomic E-state index is 12.9. The van der Waals surface area contributed by atoms with Crippen molar-refractivity contribution in [3.8, 4) is 0 Å². The molecule has 0 spiro atoms. The minimum Gasteiger partial charge on any atom is -0.452 e. The van der Waals surface area contributed by atoms with E-state index in [1.54, 1.807) is 12.1 Å². The minimum absolute atomic E-state index is 0.0736. The lowest BCUT2D eigenvalue weighted by molar-refractivity contribution is -0.133. The van der Waals surface area contributed by atoms with Crippen LogP contribution in [0.25, 0.3) is 0 Å². The number of benzene rings is 2. The first-order chi connectivity index (χ1) is 12.6. The first kappa shape index (κ1) is 21.0. The van der Waals surface area contributed by atoms with E-state index >= 15 is 0 Å². The molecule has 2 N–H and O–H groups in total. The first-order valence-corrected chi connectivity index (χ1v) is 9.90. The van der Waals surface area contributed by atoms with Gasteiger partial charge in [0.2, 0.25) is 10.0 Å². The summed E-state index contributed by atoms with van der Waals surface area (Å²) >= 11 is 3.12. The fourth-order valence-corrected chi connectivity index (χ4v) is 3.05. The Hall–Kier alpha value is -2.30. The van der Waals surface area contributed by atoms with Gasteiger partial charge in [0.05, 0.1) is 10.5 Å². The second-order valence-electron chi connectivity index (χ2n) is 5.64. The summed E-state index contributed by atoms with van der Waals surface area (Å²) in [6.45, 7) is -0.330. The quantitative estimate of drug-likeness (QED) is 0.666. The summed E-state index contributed by atoms with van der Waals surface area (Å²) in [4.78, 5) is 25.3. The molecule has 0 saturated carbocycles. The van der Waals surface area contributed by atoms with Gasteiger partial charge in [-0.1, -0.05) is 12.1 Å². The van der Waals surface area contributed by atoms with Gasteiger partial charge in [0.25, 0.3) is 5.91 Å². The van der Waals surface area contributed by atoms with Crippen molar-refractivity contribution in [3.05, 3.63) is 63.9 Å². The van der Waals surface area contributed by atoms with Gasteiger partial charge < -0.3 is 9.64 Å². The van der Waals surface area contributed by atoms with Gasteiger partial charge in [-0.15, -0.1) is 0 Å². The van der Waals surface area contributed by atoms with E-state index < -0.39 is 28.5 Å². The summed E-state index contributed by atoms with van der Waals surface area (Å²) in [7, 11) is -2.48. The topological polar surface area (TPSA) is 107 Å². The van der Waals surface area contributed by atoms with Crippen molar-refractivity contribution in [2.45, 2.75) is 11.4 Å². The highest BCUT2D eigenvalue weighted by atomic mass is 79.9. The number of halogens is 2. The second kappa shape index (κ2) is 8.59. The van der Waals surface area contributed by atoms with Crippen molar-refractivity contribution >= 4 is 37.8 Å². The number of carbonyl (C=O) groups excluding carboxylic acids is 2. The molecule has 0 aliphatic carbocycles. The third-order valence-electron chi connectivity index (χ3n) is 3.57. The Balaban J connectivity index is 2.00. The Morgan fingerprint density at radius 1 is 1.19 bits per heavy atom. The molecule has 0 aliphatic heterocycles. The molecule has 0 fully saturated rings. The van der Waals surface area contributed by atoms with Crippen LogP contribution in [0.1, 0.15) is 15.9 Å². The molecule has 2 rings (SSSR count). The van der Waals surface area contributed by atoms with E-state index in [0.29, 0.717) is 10.0 Å². The zero-order chi connectivity index (χ0) is 20.2. The van der Waals surface area contributed by atoms with Crippen molar-refractivity contribution in [2.24, 2.45) is 5.14 Å². The second-order valence-corrected chi connectivity index (χ2v) is 8.05. The van der Waals surface area contributed by atoms with E-state index in [9.17, 15) is 22.4 Å². The molecule has 2 aromatic carbocycles. The summed E-state index contributed by atoms with van der Waals surface area (Å²) in [5.74, 6) is -1.74. The number of hydrogen-bond donors (Lipinski definition) is 1. The van der Waals surface area contributed by atoms with E-state index in [-0.39, 0.29) is 22.8 Å². The van der Waals surface area contributed by atoms with E-state index in [2.05, 4.69) is 15.9 Å². The molecule has 0 bridgehead atoms. The van der Waals surface area contributed by atoms with Crippen molar-refractivity contribution in [3.63, 3.8) is 0 Å². The number of ether oxygens (including phenoxy) is 1. The summed E-state index contributed by atoms with van der Waals surface area (Å²) in [6, 6.07) is 9.29. The number of esters is 1. The molecule has 0 atom stereocenters. The Morgan fingerprint density at radius 3 is 2.41 bits per heavy atom. The number of nitrogens with two attached hydrogens (primary N) is 1. The summed E-state index contributed by atoms with van der Waals surface area (Å²) in [5, 5.41) is 5.04. The molecule has 27 heavy (non-hydrogen) atoms. The Bertz CT molecular complexity index is 964. The smallest absolute Gasteiger partial charge is 0.339 e. The normalized spacial score (nSPS) is 11.1. The zero-order valence-electron chi connectivity index (χ0n) is 14.2. The number of primary sulfonamides is 1. The summed E-state index contributed by atoms with van der Waals surface area (Å²) < 4.78 is 40.9. The number of hydrogen-bond acceptors (Lipinski definition) is 5. The number of likely N-dealkylation sites (N-methyl/N-ethyl adjacent to an activating group) is 1. The molecule has 0 aromatic heterocycles. The number of carbonyl (C=O) groups is 2. The summed E-state index contributed by atoms with van der Waals surface area (Å²) in [6.07, 6.45) is 0. The van der Waals surface area contributed by atoms with Gasteiger partial charge >= 0.3 is 5.97 Å². The largest absolute Gasteiger partial charge is 0.452 e. The molecule has 0 radical (unpaired) electrons. The van der Waals surface area contributed by atoms with Crippen LogP contribution in [-0.2, 0) is 26.1 Å². The van der Waals surface area contributed by atoms with Gasteiger partial charge in [-0.3, -0.25) is 4.79 Å². The van der Waals surface area contributed by atoms with Gasteiger partial charge in [-0.05, 0) is 51.8 Å². The Kier molecular flexibility index (Phi) is 6.68. The molecule has 1 amide bonds. The molecule has 2 aromatic rings.